The van der Waals surface area contributed by atoms with Gasteiger partial charge in [0, 0.05) is 5.92 Å². The van der Waals surface area contributed by atoms with Crippen molar-refractivity contribution in [2.45, 2.75) is 6.04 Å². The third-order valence-corrected chi connectivity index (χ3v) is 3.66. The van der Waals surface area contributed by atoms with Crippen molar-refractivity contribution in [2.75, 3.05) is 13.7 Å². The molecular weight excluding hydrogens is 236 g/mol. The largest absolute Gasteiger partial charge is 0.479 e. The molecule has 1 unspecified atom stereocenters. The molecule has 1 aliphatic heterocycles. The molecule has 0 spiro atoms. The van der Waals surface area contributed by atoms with Gasteiger partial charge in [-0.1, -0.05) is 0 Å². The van der Waals surface area contributed by atoms with Crippen LogP contribution in [-0.2, 0) is 9.53 Å². The van der Waals surface area contributed by atoms with Crippen molar-refractivity contribution in [3.63, 3.8) is 0 Å². The zero-order valence-electron chi connectivity index (χ0n) is 9.61. The van der Waals surface area contributed by atoms with Crippen LogP contribution in [0.5, 0.6) is 5.88 Å². The molecule has 0 radical (unpaired) electrons. The number of hydrogen-bond acceptors (Lipinski definition) is 6. The van der Waals surface area contributed by atoms with Crippen LogP contribution in [0.4, 0.5) is 0 Å². The van der Waals surface area contributed by atoms with E-state index in [-0.39, 0.29) is 23.8 Å². The van der Waals surface area contributed by atoms with E-state index < -0.39 is 0 Å². The Balaban J connectivity index is 1.81. The summed E-state index contributed by atoms with van der Waals surface area (Å²) in [4.78, 5) is 24.0. The number of rotatable bonds is 2. The number of esters is 1. The molecule has 7 heteroatoms. The highest BCUT2D eigenvalue weighted by atomic mass is 16.5. The third kappa shape index (κ3) is 1.08. The van der Waals surface area contributed by atoms with Crippen molar-refractivity contribution in [3.8, 4) is 5.88 Å². The van der Waals surface area contributed by atoms with Gasteiger partial charge in [-0.2, -0.15) is 4.98 Å². The third-order valence-electron chi connectivity index (χ3n) is 3.66. The van der Waals surface area contributed by atoms with Crippen molar-refractivity contribution in [1.29, 1.82) is 0 Å². The monoisotopic (exact) mass is 246 g/mol. The van der Waals surface area contributed by atoms with E-state index in [1.54, 1.807) is 13.4 Å². The highest BCUT2D eigenvalue weighted by Gasteiger charge is 2.62. The molecule has 2 aliphatic rings. The van der Waals surface area contributed by atoms with E-state index in [1.165, 1.54) is 6.33 Å². The molecule has 2 fully saturated rings. The van der Waals surface area contributed by atoms with Crippen molar-refractivity contribution >= 4 is 17.1 Å². The van der Waals surface area contributed by atoms with Crippen LogP contribution >= 0.6 is 0 Å². The van der Waals surface area contributed by atoms with Gasteiger partial charge in [-0.15, -0.1) is 0 Å². The van der Waals surface area contributed by atoms with Gasteiger partial charge in [-0.3, -0.25) is 4.79 Å². The van der Waals surface area contributed by atoms with Gasteiger partial charge in [-0.25, -0.2) is 9.97 Å². The maximum atomic E-state index is 11.5. The average molecular weight is 246 g/mol. The van der Waals surface area contributed by atoms with Crippen LogP contribution in [0.15, 0.2) is 12.7 Å². The lowest BCUT2D eigenvalue weighted by Crippen LogP contribution is -2.09. The number of fused-ring (bicyclic) bond motifs is 2. The van der Waals surface area contributed by atoms with Crippen LogP contribution in [0.25, 0.3) is 11.2 Å². The number of cyclic esters (lactones) is 1. The van der Waals surface area contributed by atoms with Crippen molar-refractivity contribution in [1.82, 2.24) is 19.5 Å². The molecule has 0 amide bonds. The molecule has 3 atom stereocenters. The normalized spacial score (nSPS) is 29.2. The van der Waals surface area contributed by atoms with Crippen LogP contribution < -0.4 is 4.74 Å². The smallest absolute Gasteiger partial charge is 0.311 e. The summed E-state index contributed by atoms with van der Waals surface area (Å²) in [5, 5.41) is 0. The standard InChI is InChI=1S/C11H10N4O3/c1-17-10-7-9(12-3-13-10)15(4-14-7)8-5-2-18-11(16)6(5)8/h3-6,8H,2H2,1H3/t5-,6+,8?/m1/s1. The second-order valence-corrected chi connectivity index (χ2v) is 4.52. The Labute approximate surface area is 102 Å². The summed E-state index contributed by atoms with van der Waals surface area (Å²) in [7, 11) is 1.55. The summed E-state index contributed by atoms with van der Waals surface area (Å²) in [6.07, 6.45) is 3.13. The second kappa shape index (κ2) is 3.18. The van der Waals surface area contributed by atoms with E-state index in [2.05, 4.69) is 15.0 Å². The predicted octanol–water partition coefficient (Wildman–Crippen LogP) is 0.179. The van der Waals surface area contributed by atoms with Crippen LogP contribution in [-0.4, -0.2) is 39.2 Å². The Kier molecular flexibility index (Phi) is 1.73. The van der Waals surface area contributed by atoms with Crippen LogP contribution in [0.3, 0.4) is 0 Å². The van der Waals surface area contributed by atoms with Gasteiger partial charge < -0.3 is 14.0 Å². The van der Waals surface area contributed by atoms with Gasteiger partial charge >= 0.3 is 5.97 Å². The minimum Gasteiger partial charge on any atom is -0.479 e. The molecule has 18 heavy (non-hydrogen) atoms. The number of carbonyl (C=O) groups is 1. The van der Waals surface area contributed by atoms with Gasteiger partial charge in [0.05, 0.1) is 32.0 Å². The fourth-order valence-corrected chi connectivity index (χ4v) is 2.72. The first kappa shape index (κ1) is 9.81. The number of aromatic nitrogens is 4. The first-order valence-corrected chi connectivity index (χ1v) is 5.69. The number of methoxy groups -OCH3 is 1. The first-order valence-electron chi connectivity index (χ1n) is 5.69. The number of nitrogens with zero attached hydrogens (tertiary/aromatic N) is 4. The van der Waals surface area contributed by atoms with E-state index in [0.29, 0.717) is 23.7 Å². The Bertz CT molecular complexity index is 653. The Hall–Kier alpha value is -2.18. The summed E-state index contributed by atoms with van der Waals surface area (Å²) >= 11 is 0. The van der Waals surface area contributed by atoms with E-state index >= 15 is 0 Å². The molecule has 2 aromatic heterocycles. The molecular formula is C11H10N4O3. The topological polar surface area (TPSA) is 79.1 Å². The van der Waals surface area contributed by atoms with E-state index in [1.807, 2.05) is 4.57 Å². The Morgan fingerprint density at radius 2 is 2.33 bits per heavy atom. The minimum atomic E-state index is -0.118. The predicted molar refractivity (Wildman–Crippen MR) is 58.9 cm³/mol. The van der Waals surface area contributed by atoms with E-state index in [0.717, 1.165) is 0 Å². The highest BCUT2D eigenvalue weighted by Crippen LogP contribution is 2.55. The average Bonchev–Trinajstić information content (AvgIpc) is 2.75. The molecule has 3 heterocycles. The summed E-state index contributed by atoms with van der Waals surface area (Å²) in [5.74, 6) is 0.555. The van der Waals surface area contributed by atoms with Gasteiger partial charge in [0.2, 0.25) is 5.88 Å². The molecule has 0 aromatic carbocycles. The van der Waals surface area contributed by atoms with E-state index in [9.17, 15) is 4.79 Å². The lowest BCUT2D eigenvalue weighted by Gasteiger charge is -2.06. The van der Waals surface area contributed by atoms with E-state index in [4.69, 9.17) is 9.47 Å². The first-order chi connectivity index (χ1) is 8.81. The molecule has 92 valence electrons. The zero-order valence-corrected chi connectivity index (χ0v) is 9.61. The number of ether oxygens (including phenoxy) is 2. The number of hydrogen-bond donors (Lipinski definition) is 0. The van der Waals surface area contributed by atoms with Crippen LogP contribution in [0.2, 0.25) is 0 Å². The zero-order chi connectivity index (χ0) is 12.3. The second-order valence-electron chi connectivity index (χ2n) is 4.52. The molecule has 2 aromatic rings. The Morgan fingerprint density at radius 1 is 1.44 bits per heavy atom. The Morgan fingerprint density at radius 3 is 3.06 bits per heavy atom. The summed E-state index contributed by atoms with van der Waals surface area (Å²) < 4.78 is 12.0. The fraction of sp³-hybridized carbons (Fsp3) is 0.455. The summed E-state index contributed by atoms with van der Waals surface area (Å²) in [5.41, 5.74) is 1.33. The van der Waals surface area contributed by atoms with Crippen molar-refractivity contribution in [2.24, 2.45) is 11.8 Å². The number of carbonyl (C=O) groups excluding carboxylic acids is 1. The quantitative estimate of drug-likeness (QED) is 0.703. The van der Waals surface area contributed by atoms with Crippen molar-refractivity contribution < 1.29 is 14.3 Å². The van der Waals surface area contributed by atoms with Gasteiger partial charge in [0.1, 0.15) is 6.33 Å². The van der Waals surface area contributed by atoms with Gasteiger partial charge in [0.15, 0.2) is 11.2 Å². The molecule has 0 N–H and O–H groups in total. The summed E-state index contributed by atoms with van der Waals surface area (Å²) in [6.45, 7) is 0.496. The van der Waals surface area contributed by atoms with Crippen molar-refractivity contribution in [3.05, 3.63) is 12.7 Å². The molecule has 4 rings (SSSR count). The van der Waals surface area contributed by atoms with Crippen LogP contribution in [0, 0.1) is 11.8 Å². The molecule has 1 aliphatic carbocycles. The number of imidazole rings is 1. The SMILES string of the molecule is COc1ncnc2c1ncn2C1[C@H]2C(=O)OC[C@@H]12. The maximum Gasteiger partial charge on any atom is 0.311 e. The lowest BCUT2D eigenvalue weighted by atomic mass is 10.4. The maximum absolute atomic E-state index is 11.5. The van der Waals surface area contributed by atoms with Gasteiger partial charge in [0.25, 0.3) is 0 Å². The minimum absolute atomic E-state index is 0.0386. The molecule has 1 saturated carbocycles. The molecule has 0 bridgehead atoms. The summed E-state index contributed by atoms with van der Waals surface area (Å²) in [6, 6.07) is 0.121. The highest BCUT2D eigenvalue weighted by molar-refractivity contribution is 5.81. The van der Waals surface area contributed by atoms with Gasteiger partial charge in [-0.05, 0) is 0 Å². The van der Waals surface area contributed by atoms with Crippen LogP contribution in [0.1, 0.15) is 6.04 Å². The fourth-order valence-electron chi connectivity index (χ4n) is 2.72. The lowest BCUT2D eigenvalue weighted by molar-refractivity contribution is -0.141. The molecule has 1 saturated heterocycles. The molecule has 7 nitrogen and oxygen atoms in total.